The molecule has 6 heteroatoms. The zero-order valence-electron chi connectivity index (χ0n) is 12.7. The molecule has 2 atom stereocenters. The van der Waals surface area contributed by atoms with E-state index in [0.29, 0.717) is 5.02 Å². The molecule has 0 spiro atoms. The Balaban J connectivity index is 2.31. The van der Waals surface area contributed by atoms with Crippen LogP contribution in [0.15, 0.2) is 47.2 Å². The highest BCUT2D eigenvalue weighted by atomic mass is 35.5. The number of rotatable bonds is 1. The van der Waals surface area contributed by atoms with Gasteiger partial charge in [-0.25, -0.2) is 0 Å². The molecule has 0 saturated carbocycles. The van der Waals surface area contributed by atoms with Gasteiger partial charge in [-0.2, -0.15) is 27.5 Å². The van der Waals surface area contributed by atoms with Crippen molar-refractivity contribution >= 4 is 23.4 Å². The van der Waals surface area contributed by atoms with Crippen LogP contribution in [-0.2, 0) is 0 Å². The first-order valence-electron chi connectivity index (χ1n) is 7.35. The second-order valence-corrected chi connectivity index (χ2v) is 7.28. The fourth-order valence-electron chi connectivity index (χ4n) is 3.53. The van der Waals surface area contributed by atoms with Crippen molar-refractivity contribution in [3.8, 4) is 18.2 Å². The first-order valence-corrected chi connectivity index (χ1v) is 8.88. The fraction of sp³-hybridized carbons (Fsp3) is 0.278. The molecule has 1 aliphatic carbocycles. The van der Waals surface area contributed by atoms with Crippen molar-refractivity contribution in [2.24, 2.45) is 17.1 Å². The third kappa shape index (κ3) is 2.28. The molecule has 4 nitrogen and oxygen atoms in total. The minimum absolute atomic E-state index is 0.0596. The molecule has 3 rings (SSSR count). The van der Waals surface area contributed by atoms with Gasteiger partial charge in [-0.3, -0.25) is 0 Å². The predicted molar refractivity (Wildman–Crippen MR) is 93.6 cm³/mol. The number of hydrogen-bond donors (Lipinski definition) is 1. The number of nitrogens with two attached hydrogens (primary N) is 1. The molecule has 0 fully saturated rings. The molecule has 0 unspecified atom stereocenters. The molecule has 118 valence electrons. The highest BCUT2D eigenvalue weighted by Crippen LogP contribution is 2.54. The van der Waals surface area contributed by atoms with E-state index < -0.39 is 11.3 Å². The van der Waals surface area contributed by atoms with Crippen LogP contribution in [0.1, 0.15) is 11.5 Å². The van der Waals surface area contributed by atoms with Gasteiger partial charge >= 0.3 is 0 Å². The van der Waals surface area contributed by atoms with Crippen LogP contribution < -0.4 is 5.73 Å². The molecule has 0 saturated heterocycles. The topological polar surface area (TPSA) is 97.4 Å². The molecule has 0 amide bonds. The summed E-state index contributed by atoms with van der Waals surface area (Å²) in [6.07, 6.45) is 1.99. The Labute approximate surface area is 149 Å². The van der Waals surface area contributed by atoms with Crippen molar-refractivity contribution in [3.63, 3.8) is 0 Å². The smallest absolute Gasteiger partial charge is 0.191 e. The second kappa shape index (κ2) is 6.25. The maximum absolute atomic E-state index is 9.85. The highest BCUT2D eigenvalue weighted by molar-refractivity contribution is 7.99. The van der Waals surface area contributed by atoms with Gasteiger partial charge in [-0.05, 0) is 23.3 Å². The zero-order chi connectivity index (χ0) is 17.3. The summed E-state index contributed by atoms with van der Waals surface area (Å²) < 4.78 is 0. The Morgan fingerprint density at radius 2 is 1.83 bits per heavy atom. The van der Waals surface area contributed by atoms with Crippen LogP contribution in [0.2, 0.25) is 5.02 Å². The summed E-state index contributed by atoms with van der Waals surface area (Å²) in [5.74, 6) is 0.999. The van der Waals surface area contributed by atoms with E-state index in [1.165, 1.54) is 0 Å². The third-order valence-corrected chi connectivity index (χ3v) is 5.91. The fourth-order valence-corrected chi connectivity index (χ4v) is 4.72. The molecule has 24 heavy (non-hydrogen) atoms. The Morgan fingerprint density at radius 3 is 2.42 bits per heavy atom. The second-order valence-electron chi connectivity index (χ2n) is 5.76. The van der Waals surface area contributed by atoms with Gasteiger partial charge in [0.15, 0.2) is 5.41 Å². The van der Waals surface area contributed by atoms with E-state index in [0.717, 1.165) is 22.6 Å². The van der Waals surface area contributed by atoms with E-state index in [4.69, 9.17) is 17.3 Å². The lowest BCUT2D eigenvalue weighted by Crippen LogP contribution is -2.43. The quantitative estimate of drug-likeness (QED) is 0.834. The van der Waals surface area contributed by atoms with Gasteiger partial charge in [0, 0.05) is 28.4 Å². The molecular weight excluding hydrogens is 340 g/mol. The summed E-state index contributed by atoms with van der Waals surface area (Å²) >= 11 is 7.70. The van der Waals surface area contributed by atoms with E-state index in [-0.39, 0.29) is 17.2 Å². The summed E-state index contributed by atoms with van der Waals surface area (Å²) in [6.45, 7) is 0. The Hall–Kier alpha value is -2.39. The summed E-state index contributed by atoms with van der Waals surface area (Å²) in [4.78, 5) is 0. The van der Waals surface area contributed by atoms with Crippen LogP contribution in [0, 0.1) is 45.3 Å². The number of thioether (sulfide) groups is 1. The van der Waals surface area contributed by atoms with E-state index in [2.05, 4.69) is 18.2 Å². The van der Waals surface area contributed by atoms with Crippen LogP contribution in [0.25, 0.3) is 0 Å². The first kappa shape index (κ1) is 16.5. The van der Waals surface area contributed by atoms with Crippen LogP contribution in [0.5, 0.6) is 0 Å². The van der Waals surface area contributed by atoms with Crippen LogP contribution in [-0.4, -0.2) is 11.5 Å². The number of allylic oxidation sites excluding steroid dienone is 3. The van der Waals surface area contributed by atoms with E-state index in [1.54, 1.807) is 23.9 Å². The SMILES string of the molecule is N#CC1=C(N)C(C#N)(C#N)[C@H](c2ccc(Cl)cc2)[C@@H]2CSCC=C12. The van der Waals surface area contributed by atoms with Crippen molar-refractivity contribution in [3.05, 3.63) is 57.8 Å². The first-order chi connectivity index (χ1) is 11.6. The predicted octanol–water partition coefficient (Wildman–Crippen LogP) is 3.50. The van der Waals surface area contributed by atoms with Gasteiger partial charge in [-0.15, -0.1) is 0 Å². The molecule has 1 aliphatic heterocycles. The van der Waals surface area contributed by atoms with E-state index >= 15 is 0 Å². The monoisotopic (exact) mass is 352 g/mol. The summed E-state index contributed by atoms with van der Waals surface area (Å²) in [7, 11) is 0. The van der Waals surface area contributed by atoms with Crippen LogP contribution in [0.4, 0.5) is 0 Å². The van der Waals surface area contributed by atoms with Crippen LogP contribution >= 0.6 is 23.4 Å². The summed E-state index contributed by atoms with van der Waals surface area (Å²) in [5, 5.41) is 29.8. The zero-order valence-corrected chi connectivity index (χ0v) is 14.2. The van der Waals surface area contributed by atoms with Crippen molar-refractivity contribution in [1.82, 2.24) is 0 Å². The number of hydrogen-bond acceptors (Lipinski definition) is 5. The molecule has 1 heterocycles. The number of benzene rings is 1. The Bertz CT molecular complexity index is 850. The lowest BCUT2D eigenvalue weighted by atomic mass is 9.59. The average molecular weight is 353 g/mol. The van der Waals surface area contributed by atoms with Gasteiger partial charge in [-0.1, -0.05) is 29.8 Å². The van der Waals surface area contributed by atoms with Gasteiger partial charge in [0.1, 0.15) is 6.07 Å². The number of fused-ring (bicyclic) bond motifs is 1. The molecular formula is C18H13ClN4S. The Kier molecular flexibility index (Phi) is 4.29. The van der Waals surface area contributed by atoms with Crippen molar-refractivity contribution in [1.29, 1.82) is 15.8 Å². The molecule has 2 N–H and O–H groups in total. The minimum atomic E-state index is -1.56. The lowest BCUT2D eigenvalue weighted by molar-refractivity contribution is 0.368. The minimum Gasteiger partial charge on any atom is -0.399 e. The maximum Gasteiger partial charge on any atom is 0.191 e. The van der Waals surface area contributed by atoms with Gasteiger partial charge in [0.2, 0.25) is 0 Å². The molecule has 1 aromatic carbocycles. The normalized spacial score (nSPS) is 24.8. The third-order valence-electron chi connectivity index (χ3n) is 4.66. The van der Waals surface area contributed by atoms with E-state index in [9.17, 15) is 15.8 Å². The molecule has 0 bridgehead atoms. The van der Waals surface area contributed by atoms with Gasteiger partial charge < -0.3 is 5.73 Å². The van der Waals surface area contributed by atoms with Crippen molar-refractivity contribution in [2.45, 2.75) is 5.92 Å². The van der Waals surface area contributed by atoms with Crippen molar-refractivity contribution in [2.75, 3.05) is 11.5 Å². The standard InChI is InChI=1S/C18H13ClN4S/c19-12-3-1-11(2-4-12)16-15-8-24-6-5-13(15)14(7-20)17(23)18(16,9-21)10-22/h1-5,15-16H,6,8,23H2/t15-,16-/m1/s1. The largest absolute Gasteiger partial charge is 0.399 e. The van der Waals surface area contributed by atoms with Gasteiger partial charge in [0.25, 0.3) is 0 Å². The van der Waals surface area contributed by atoms with Gasteiger partial charge in [0.05, 0.1) is 23.4 Å². The summed E-state index contributed by atoms with van der Waals surface area (Å²) in [5.41, 5.74) is 6.67. The summed E-state index contributed by atoms with van der Waals surface area (Å²) in [6, 6.07) is 13.5. The molecule has 0 aromatic heterocycles. The molecule has 2 aliphatic rings. The lowest BCUT2D eigenvalue weighted by Gasteiger charge is -2.43. The Morgan fingerprint density at radius 1 is 1.17 bits per heavy atom. The number of halogens is 1. The average Bonchev–Trinajstić information content (AvgIpc) is 2.62. The molecule has 0 radical (unpaired) electrons. The van der Waals surface area contributed by atoms with E-state index in [1.807, 2.05) is 18.2 Å². The number of nitriles is 3. The maximum atomic E-state index is 9.85. The van der Waals surface area contributed by atoms with Crippen LogP contribution in [0.3, 0.4) is 0 Å². The highest BCUT2D eigenvalue weighted by Gasteiger charge is 2.53. The number of nitrogens with zero attached hydrogens (tertiary/aromatic N) is 3. The molecule has 1 aromatic rings. The van der Waals surface area contributed by atoms with Crippen molar-refractivity contribution < 1.29 is 0 Å².